The smallest absolute Gasteiger partial charge is 0.0731 e. The Morgan fingerprint density at radius 1 is 0.737 bits per heavy atom. The zero-order valence-corrected chi connectivity index (χ0v) is 12.2. The average molecular weight is 266 g/mol. The summed E-state index contributed by atoms with van der Waals surface area (Å²) in [5.41, 5.74) is 6.20. The molecule has 3 saturated carbocycles. The molecule has 0 unspecified atom stereocenters. The first-order valence-electron chi connectivity index (χ1n) is 8.50. The van der Waals surface area contributed by atoms with Gasteiger partial charge in [-0.25, -0.2) is 0 Å². The molecule has 3 N–H and O–H groups in total. The summed E-state index contributed by atoms with van der Waals surface area (Å²) in [6.45, 7) is 0. The Balaban J connectivity index is 1.53. The van der Waals surface area contributed by atoms with Gasteiger partial charge in [-0.05, 0) is 38.5 Å². The summed E-state index contributed by atoms with van der Waals surface area (Å²) >= 11 is 0. The van der Waals surface area contributed by atoms with Crippen LogP contribution in [-0.2, 0) is 4.74 Å². The molecule has 0 amide bonds. The Labute approximate surface area is 117 Å². The van der Waals surface area contributed by atoms with Crippen molar-refractivity contribution in [2.75, 3.05) is 0 Å². The van der Waals surface area contributed by atoms with Gasteiger partial charge < -0.3 is 15.8 Å². The molecule has 0 radical (unpaired) electrons. The van der Waals surface area contributed by atoms with Crippen LogP contribution in [-0.4, -0.2) is 30.3 Å². The molecular formula is C16H30N2O. The van der Waals surface area contributed by atoms with E-state index in [0.717, 1.165) is 0 Å². The molecule has 3 fully saturated rings. The number of ether oxygens (including phenoxy) is 1. The molecule has 0 spiro atoms. The van der Waals surface area contributed by atoms with Gasteiger partial charge in [0.2, 0.25) is 0 Å². The van der Waals surface area contributed by atoms with Crippen LogP contribution in [0.2, 0.25) is 0 Å². The van der Waals surface area contributed by atoms with E-state index in [1.54, 1.807) is 0 Å². The fourth-order valence-electron chi connectivity index (χ4n) is 4.19. The second-order valence-electron chi connectivity index (χ2n) is 6.84. The maximum Gasteiger partial charge on any atom is 0.0731 e. The van der Waals surface area contributed by atoms with Crippen molar-refractivity contribution in [3.05, 3.63) is 0 Å². The van der Waals surface area contributed by atoms with E-state index >= 15 is 0 Å². The van der Waals surface area contributed by atoms with Crippen LogP contribution in [0.3, 0.4) is 0 Å². The van der Waals surface area contributed by atoms with Crippen LogP contribution in [0.15, 0.2) is 0 Å². The Hall–Kier alpha value is -0.120. The summed E-state index contributed by atoms with van der Waals surface area (Å²) in [7, 11) is 0. The highest BCUT2D eigenvalue weighted by atomic mass is 16.5. The van der Waals surface area contributed by atoms with Gasteiger partial charge in [-0.3, -0.25) is 0 Å². The molecule has 0 aromatic carbocycles. The average Bonchev–Trinajstić information content (AvgIpc) is 3.05. The Morgan fingerprint density at radius 3 is 2.16 bits per heavy atom. The molecule has 4 atom stereocenters. The van der Waals surface area contributed by atoms with Gasteiger partial charge in [-0.15, -0.1) is 0 Å². The molecular weight excluding hydrogens is 236 g/mol. The molecule has 19 heavy (non-hydrogen) atoms. The maximum atomic E-state index is 6.41. The number of rotatable bonds is 4. The molecule has 3 nitrogen and oxygen atoms in total. The Morgan fingerprint density at radius 2 is 1.42 bits per heavy atom. The minimum absolute atomic E-state index is 0.369. The van der Waals surface area contributed by atoms with Crippen molar-refractivity contribution >= 4 is 0 Å². The van der Waals surface area contributed by atoms with Gasteiger partial charge in [-0.1, -0.05) is 32.1 Å². The quantitative estimate of drug-likeness (QED) is 0.822. The molecule has 0 aliphatic heterocycles. The highest BCUT2D eigenvalue weighted by Crippen LogP contribution is 2.29. The van der Waals surface area contributed by atoms with Crippen LogP contribution in [0.1, 0.15) is 70.6 Å². The van der Waals surface area contributed by atoms with E-state index in [2.05, 4.69) is 5.32 Å². The molecule has 3 aliphatic rings. The van der Waals surface area contributed by atoms with Crippen LogP contribution in [0.5, 0.6) is 0 Å². The van der Waals surface area contributed by atoms with Gasteiger partial charge in [0.1, 0.15) is 0 Å². The van der Waals surface area contributed by atoms with Gasteiger partial charge in [0.05, 0.1) is 12.2 Å². The molecule has 0 aromatic rings. The second-order valence-corrected chi connectivity index (χ2v) is 6.84. The molecule has 0 heterocycles. The zero-order valence-electron chi connectivity index (χ0n) is 12.2. The topological polar surface area (TPSA) is 47.3 Å². The van der Waals surface area contributed by atoms with E-state index in [0.29, 0.717) is 30.3 Å². The molecule has 3 aliphatic carbocycles. The van der Waals surface area contributed by atoms with Crippen molar-refractivity contribution in [1.29, 1.82) is 0 Å². The minimum atomic E-state index is 0.369. The summed E-state index contributed by atoms with van der Waals surface area (Å²) in [6, 6.07) is 1.47. The zero-order chi connectivity index (χ0) is 13.1. The summed E-state index contributed by atoms with van der Waals surface area (Å²) < 4.78 is 6.41. The highest BCUT2D eigenvalue weighted by Gasteiger charge is 2.33. The number of hydrogen-bond donors (Lipinski definition) is 2. The highest BCUT2D eigenvalue weighted by molar-refractivity contribution is 4.92. The van der Waals surface area contributed by atoms with Crippen molar-refractivity contribution in [3.63, 3.8) is 0 Å². The molecule has 3 rings (SSSR count). The summed E-state index contributed by atoms with van der Waals surface area (Å²) in [4.78, 5) is 0. The lowest BCUT2D eigenvalue weighted by Crippen LogP contribution is -2.52. The van der Waals surface area contributed by atoms with E-state index < -0.39 is 0 Å². The SMILES string of the molecule is N[C@@H]1CCC[C@@H]1N[C@@H]1CCCC[C@@H]1OC1CCCC1. The van der Waals surface area contributed by atoms with Crippen LogP contribution < -0.4 is 11.1 Å². The van der Waals surface area contributed by atoms with E-state index in [4.69, 9.17) is 10.5 Å². The third-order valence-electron chi connectivity index (χ3n) is 5.37. The standard InChI is InChI=1S/C16H30N2O/c17-13-8-5-10-14(13)18-15-9-3-4-11-16(15)19-12-6-1-2-7-12/h12-16,18H,1-11,17H2/t13-,14+,15-,16+/m1/s1. The predicted octanol–water partition coefficient (Wildman–Crippen LogP) is 2.73. The Bertz CT molecular complexity index is 278. The molecule has 0 bridgehead atoms. The second kappa shape index (κ2) is 6.55. The van der Waals surface area contributed by atoms with E-state index in [1.165, 1.54) is 70.6 Å². The van der Waals surface area contributed by atoms with E-state index in [-0.39, 0.29) is 0 Å². The van der Waals surface area contributed by atoms with Crippen molar-refractivity contribution in [3.8, 4) is 0 Å². The normalized spacial score (nSPS) is 40.9. The Kier molecular flexibility index (Phi) is 4.78. The summed E-state index contributed by atoms with van der Waals surface area (Å²) in [5.74, 6) is 0. The first kappa shape index (κ1) is 13.8. The van der Waals surface area contributed by atoms with E-state index in [9.17, 15) is 0 Å². The third kappa shape index (κ3) is 3.50. The van der Waals surface area contributed by atoms with Crippen molar-refractivity contribution in [1.82, 2.24) is 5.32 Å². The molecule has 3 heteroatoms. The van der Waals surface area contributed by atoms with Crippen LogP contribution in [0, 0.1) is 0 Å². The van der Waals surface area contributed by atoms with Crippen LogP contribution in [0.25, 0.3) is 0 Å². The van der Waals surface area contributed by atoms with E-state index in [1.807, 2.05) is 0 Å². The molecule has 110 valence electrons. The fraction of sp³-hybridized carbons (Fsp3) is 1.00. The first-order chi connectivity index (χ1) is 9.33. The van der Waals surface area contributed by atoms with Crippen molar-refractivity contribution in [2.24, 2.45) is 5.73 Å². The van der Waals surface area contributed by atoms with Gasteiger partial charge >= 0.3 is 0 Å². The lowest BCUT2D eigenvalue weighted by molar-refractivity contribution is -0.0455. The monoisotopic (exact) mass is 266 g/mol. The fourth-order valence-corrected chi connectivity index (χ4v) is 4.19. The number of nitrogens with two attached hydrogens (primary N) is 1. The van der Waals surface area contributed by atoms with Crippen molar-refractivity contribution in [2.45, 2.75) is 101 Å². The van der Waals surface area contributed by atoms with Gasteiger partial charge in [-0.2, -0.15) is 0 Å². The lowest BCUT2D eigenvalue weighted by atomic mass is 9.91. The molecule has 0 aromatic heterocycles. The molecule has 0 saturated heterocycles. The summed E-state index contributed by atoms with van der Waals surface area (Å²) in [5, 5.41) is 3.84. The summed E-state index contributed by atoms with van der Waals surface area (Å²) in [6.07, 6.45) is 15.2. The van der Waals surface area contributed by atoms with Crippen LogP contribution in [0.4, 0.5) is 0 Å². The van der Waals surface area contributed by atoms with Gasteiger partial charge in [0, 0.05) is 18.1 Å². The number of nitrogens with one attached hydrogen (secondary N) is 1. The minimum Gasteiger partial charge on any atom is -0.373 e. The number of hydrogen-bond acceptors (Lipinski definition) is 3. The van der Waals surface area contributed by atoms with Gasteiger partial charge in [0.15, 0.2) is 0 Å². The first-order valence-corrected chi connectivity index (χ1v) is 8.50. The van der Waals surface area contributed by atoms with Crippen molar-refractivity contribution < 1.29 is 4.74 Å². The maximum absolute atomic E-state index is 6.41. The van der Waals surface area contributed by atoms with Gasteiger partial charge in [0.25, 0.3) is 0 Å². The van der Waals surface area contributed by atoms with Crippen LogP contribution >= 0.6 is 0 Å². The predicted molar refractivity (Wildman–Crippen MR) is 78.1 cm³/mol. The largest absolute Gasteiger partial charge is 0.373 e. The lowest BCUT2D eigenvalue weighted by Gasteiger charge is -2.36. The third-order valence-corrected chi connectivity index (χ3v) is 5.37.